The van der Waals surface area contributed by atoms with Crippen LogP contribution in [0.1, 0.15) is 20.1 Å². The first-order valence-electron chi connectivity index (χ1n) is 4.47. The highest BCUT2D eigenvalue weighted by Crippen LogP contribution is 2.22. The van der Waals surface area contributed by atoms with E-state index in [9.17, 15) is 4.79 Å². The van der Waals surface area contributed by atoms with Crippen LogP contribution in [0.5, 0.6) is 0 Å². The summed E-state index contributed by atoms with van der Waals surface area (Å²) in [6, 6.07) is 5.71. The number of hydrogen-bond acceptors (Lipinski definition) is 3. The minimum Gasteiger partial charge on any atom is -0.293 e. The van der Waals surface area contributed by atoms with Crippen LogP contribution in [-0.2, 0) is 6.42 Å². The molecular formula is C11H9ClOS2. The second-order valence-corrected chi connectivity index (χ2v) is 6.10. The molecule has 0 N–H and O–H groups in total. The first-order valence-corrected chi connectivity index (χ1v) is 6.55. The third-order valence-corrected chi connectivity index (χ3v) is 4.18. The van der Waals surface area contributed by atoms with Crippen molar-refractivity contribution in [1.29, 1.82) is 0 Å². The summed E-state index contributed by atoms with van der Waals surface area (Å²) >= 11 is 8.81. The van der Waals surface area contributed by atoms with Gasteiger partial charge in [0, 0.05) is 11.3 Å². The van der Waals surface area contributed by atoms with E-state index in [0.717, 1.165) is 14.8 Å². The van der Waals surface area contributed by atoms with Crippen LogP contribution in [-0.4, -0.2) is 5.78 Å². The number of ketones is 1. The molecule has 0 aliphatic heterocycles. The van der Waals surface area contributed by atoms with Crippen LogP contribution in [0.2, 0.25) is 4.34 Å². The Kier molecular flexibility index (Phi) is 3.24. The lowest BCUT2D eigenvalue weighted by atomic mass is 10.1. The Balaban J connectivity index is 2.10. The standard InChI is InChI=1S/C11H9ClOS2/c1-7-2-3-10(15-7)9(13)4-8-5-11(12)14-6-8/h2-3,5-6H,4H2,1H3. The summed E-state index contributed by atoms with van der Waals surface area (Å²) in [5.74, 6) is 0.169. The number of halogens is 1. The van der Waals surface area contributed by atoms with Gasteiger partial charge in [-0.25, -0.2) is 0 Å². The molecule has 2 aromatic heterocycles. The SMILES string of the molecule is Cc1ccc(C(=O)Cc2csc(Cl)c2)s1. The van der Waals surface area contributed by atoms with Gasteiger partial charge in [-0.3, -0.25) is 4.79 Å². The van der Waals surface area contributed by atoms with Crippen molar-refractivity contribution in [2.24, 2.45) is 0 Å². The molecule has 1 nitrogen and oxygen atoms in total. The van der Waals surface area contributed by atoms with Crippen molar-refractivity contribution in [3.05, 3.63) is 43.2 Å². The number of carbonyl (C=O) groups excluding carboxylic acids is 1. The second kappa shape index (κ2) is 4.47. The maximum atomic E-state index is 11.8. The molecule has 2 heterocycles. The Morgan fingerprint density at radius 3 is 2.80 bits per heavy atom. The van der Waals surface area contributed by atoms with Gasteiger partial charge in [0.1, 0.15) is 0 Å². The maximum Gasteiger partial charge on any atom is 0.177 e. The Morgan fingerprint density at radius 2 is 2.27 bits per heavy atom. The van der Waals surface area contributed by atoms with Crippen molar-refractivity contribution in [1.82, 2.24) is 0 Å². The molecule has 0 aromatic carbocycles. The topological polar surface area (TPSA) is 17.1 Å². The van der Waals surface area contributed by atoms with Crippen molar-refractivity contribution in [2.75, 3.05) is 0 Å². The summed E-state index contributed by atoms with van der Waals surface area (Å²) in [7, 11) is 0. The van der Waals surface area contributed by atoms with Crippen LogP contribution >= 0.6 is 34.3 Å². The summed E-state index contributed by atoms with van der Waals surface area (Å²) in [4.78, 5) is 13.8. The highest BCUT2D eigenvalue weighted by molar-refractivity contribution is 7.14. The summed E-state index contributed by atoms with van der Waals surface area (Å²) in [5, 5.41) is 1.93. The monoisotopic (exact) mass is 256 g/mol. The number of hydrogen-bond donors (Lipinski definition) is 0. The van der Waals surface area contributed by atoms with E-state index in [1.165, 1.54) is 16.2 Å². The molecule has 0 aliphatic rings. The van der Waals surface area contributed by atoms with Crippen molar-refractivity contribution >= 4 is 40.1 Å². The van der Waals surface area contributed by atoms with Crippen LogP contribution in [0, 0.1) is 6.92 Å². The highest BCUT2D eigenvalue weighted by Gasteiger charge is 2.10. The van der Waals surface area contributed by atoms with E-state index in [1.807, 2.05) is 30.5 Å². The summed E-state index contributed by atoms with van der Waals surface area (Å²) in [6.45, 7) is 2.00. The van der Waals surface area contributed by atoms with E-state index in [0.29, 0.717) is 6.42 Å². The fraction of sp³-hybridized carbons (Fsp3) is 0.182. The molecule has 15 heavy (non-hydrogen) atoms. The molecule has 0 saturated carbocycles. The fourth-order valence-corrected chi connectivity index (χ4v) is 3.01. The number of rotatable bonds is 3. The second-order valence-electron chi connectivity index (χ2n) is 3.27. The number of thiophene rings is 2. The number of aryl methyl sites for hydroxylation is 1. The van der Waals surface area contributed by atoms with Gasteiger partial charge < -0.3 is 0 Å². The molecule has 2 aromatic rings. The number of carbonyl (C=O) groups is 1. The lowest BCUT2D eigenvalue weighted by molar-refractivity contribution is 0.0997. The Hall–Kier alpha value is -0.640. The average molecular weight is 257 g/mol. The highest BCUT2D eigenvalue weighted by atomic mass is 35.5. The average Bonchev–Trinajstić information content (AvgIpc) is 2.75. The van der Waals surface area contributed by atoms with Gasteiger partial charge in [-0.1, -0.05) is 11.6 Å². The van der Waals surface area contributed by atoms with E-state index < -0.39 is 0 Å². The summed E-state index contributed by atoms with van der Waals surface area (Å²) in [5.41, 5.74) is 1.00. The predicted molar refractivity (Wildman–Crippen MR) is 66.4 cm³/mol. The fourth-order valence-electron chi connectivity index (χ4n) is 1.30. The van der Waals surface area contributed by atoms with Crippen LogP contribution in [0.3, 0.4) is 0 Å². The summed E-state index contributed by atoms with van der Waals surface area (Å²) in [6.07, 6.45) is 0.448. The molecule has 0 saturated heterocycles. The van der Waals surface area contributed by atoms with E-state index in [2.05, 4.69) is 0 Å². The third kappa shape index (κ3) is 2.68. The predicted octanol–water partition coefficient (Wildman–Crippen LogP) is 4.20. The molecule has 0 aliphatic carbocycles. The van der Waals surface area contributed by atoms with Gasteiger partial charge in [0.05, 0.1) is 9.21 Å². The van der Waals surface area contributed by atoms with E-state index in [1.54, 1.807) is 11.3 Å². The Labute approximate surface area is 101 Å². The van der Waals surface area contributed by atoms with Gasteiger partial charge >= 0.3 is 0 Å². The normalized spacial score (nSPS) is 10.5. The molecule has 0 fully saturated rings. The molecular weight excluding hydrogens is 248 g/mol. The van der Waals surface area contributed by atoms with Gasteiger partial charge in [-0.2, -0.15) is 0 Å². The molecule has 2 rings (SSSR count). The van der Waals surface area contributed by atoms with Gasteiger partial charge in [-0.15, -0.1) is 22.7 Å². The quantitative estimate of drug-likeness (QED) is 0.753. The molecule has 4 heteroatoms. The zero-order chi connectivity index (χ0) is 10.8. The lowest BCUT2D eigenvalue weighted by Crippen LogP contribution is -1.99. The Bertz CT molecular complexity index is 484. The summed E-state index contributed by atoms with van der Waals surface area (Å²) < 4.78 is 0.736. The zero-order valence-electron chi connectivity index (χ0n) is 8.12. The molecule has 0 bridgehead atoms. The maximum absolute atomic E-state index is 11.8. The smallest absolute Gasteiger partial charge is 0.177 e. The number of Topliss-reactive ketones (excluding diaryl/α,β-unsaturated/α-hetero) is 1. The molecule has 0 spiro atoms. The van der Waals surface area contributed by atoms with Gasteiger partial charge in [-0.05, 0) is 36.1 Å². The van der Waals surface area contributed by atoms with Crippen molar-refractivity contribution in [2.45, 2.75) is 13.3 Å². The molecule has 0 radical (unpaired) electrons. The van der Waals surface area contributed by atoms with Crippen molar-refractivity contribution in [3.63, 3.8) is 0 Å². The van der Waals surface area contributed by atoms with Gasteiger partial charge in [0.2, 0.25) is 0 Å². The van der Waals surface area contributed by atoms with Crippen molar-refractivity contribution in [3.8, 4) is 0 Å². The first kappa shape index (κ1) is 10.9. The molecule has 0 amide bonds. The molecule has 78 valence electrons. The minimum atomic E-state index is 0.169. The van der Waals surface area contributed by atoms with E-state index in [-0.39, 0.29) is 5.78 Å². The van der Waals surface area contributed by atoms with Crippen LogP contribution in [0.4, 0.5) is 0 Å². The molecule has 0 atom stereocenters. The van der Waals surface area contributed by atoms with Crippen LogP contribution in [0.25, 0.3) is 0 Å². The van der Waals surface area contributed by atoms with Crippen LogP contribution < -0.4 is 0 Å². The zero-order valence-corrected chi connectivity index (χ0v) is 10.5. The Morgan fingerprint density at radius 1 is 1.47 bits per heavy atom. The third-order valence-electron chi connectivity index (χ3n) is 2.00. The van der Waals surface area contributed by atoms with Crippen LogP contribution in [0.15, 0.2) is 23.6 Å². The van der Waals surface area contributed by atoms with Gasteiger partial charge in [0.15, 0.2) is 5.78 Å². The first-order chi connectivity index (χ1) is 7.15. The lowest BCUT2D eigenvalue weighted by Gasteiger charge is -1.94. The van der Waals surface area contributed by atoms with E-state index in [4.69, 9.17) is 11.6 Å². The largest absolute Gasteiger partial charge is 0.293 e. The van der Waals surface area contributed by atoms with Crippen molar-refractivity contribution < 1.29 is 4.79 Å². The molecule has 0 unspecified atom stereocenters. The van der Waals surface area contributed by atoms with E-state index >= 15 is 0 Å². The van der Waals surface area contributed by atoms with Gasteiger partial charge in [0.25, 0.3) is 0 Å². The minimum absolute atomic E-state index is 0.169.